The Kier molecular flexibility index (Phi) is 4.74. The molecule has 0 radical (unpaired) electrons. The van der Waals surface area contributed by atoms with Crippen molar-refractivity contribution in [2.75, 3.05) is 11.9 Å². The van der Waals surface area contributed by atoms with Crippen molar-refractivity contribution in [3.8, 4) is 0 Å². The molecular weight excluding hydrogens is 258 g/mol. The maximum atomic E-state index is 12.0. The zero-order valence-corrected chi connectivity index (χ0v) is 11.5. The third-order valence-corrected chi connectivity index (χ3v) is 3.53. The van der Waals surface area contributed by atoms with E-state index in [4.69, 9.17) is 9.84 Å². The zero-order valence-electron chi connectivity index (χ0n) is 11.5. The lowest BCUT2D eigenvalue weighted by Crippen LogP contribution is -2.25. The highest BCUT2D eigenvalue weighted by molar-refractivity contribution is 5.96. The summed E-state index contributed by atoms with van der Waals surface area (Å²) in [7, 11) is 0. The van der Waals surface area contributed by atoms with Crippen molar-refractivity contribution in [2.24, 2.45) is 0 Å². The molecule has 2 rings (SSSR count). The van der Waals surface area contributed by atoms with E-state index in [1.54, 1.807) is 19.1 Å². The molecule has 5 heteroatoms. The van der Waals surface area contributed by atoms with Crippen LogP contribution < -0.4 is 5.32 Å². The molecule has 1 unspecified atom stereocenters. The van der Waals surface area contributed by atoms with Gasteiger partial charge in [-0.25, -0.2) is 4.79 Å². The van der Waals surface area contributed by atoms with Gasteiger partial charge in [0.25, 0.3) is 0 Å². The van der Waals surface area contributed by atoms with Crippen LogP contribution in [0.5, 0.6) is 0 Å². The van der Waals surface area contributed by atoms with Crippen molar-refractivity contribution in [2.45, 2.75) is 38.7 Å². The van der Waals surface area contributed by atoms with E-state index in [2.05, 4.69) is 5.32 Å². The number of amides is 1. The molecule has 2 N–H and O–H groups in total. The Morgan fingerprint density at radius 2 is 2.20 bits per heavy atom. The van der Waals surface area contributed by atoms with Gasteiger partial charge in [-0.2, -0.15) is 0 Å². The summed E-state index contributed by atoms with van der Waals surface area (Å²) >= 11 is 0. The molecule has 1 aliphatic rings. The number of hydrogen-bond donors (Lipinski definition) is 2. The number of aromatic carboxylic acids is 1. The number of hydrogen-bond acceptors (Lipinski definition) is 3. The highest BCUT2D eigenvalue weighted by atomic mass is 16.5. The second-order valence-electron chi connectivity index (χ2n) is 5.02. The molecule has 0 aliphatic carbocycles. The first-order chi connectivity index (χ1) is 9.58. The highest BCUT2D eigenvalue weighted by Gasteiger charge is 2.18. The van der Waals surface area contributed by atoms with Crippen LogP contribution in [-0.4, -0.2) is 29.7 Å². The minimum absolute atomic E-state index is 0.0216. The van der Waals surface area contributed by atoms with Crippen LogP contribution in [0.25, 0.3) is 0 Å². The standard InChI is InChI=1S/C15H19NO4/c1-10-12(15(18)19)6-4-7-13(10)16-14(17)9-11-5-2-3-8-20-11/h4,6-7,11H,2-3,5,8-9H2,1H3,(H,16,17)(H,18,19). The first kappa shape index (κ1) is 14.5. The van der Waals surface area contributed by atoms with Gasteiger partial charge in [0.2, 0.25) is 5.91 Å². The number of anilines is 1. The first-order valence-corrected chi connectivity index (χ1v) is 6.82. The monoisotopic (exact) mass is 277 g/mol. The number of carboxylic acid groups (broad SMARTS) is 1. The molecule has 1 amide bonds. The lowest BCUT2D eigenvalue weighted by molar-refractivity contribution is -0.119. The smallest absolute Gasteiger partial charge is 0.336 e. The normalized spacial score (nSPS) is 18.6. The molecule has 0 aromatic heterocycles. The first-order valence-electron chi connectivity index (χ1n) is 6.82. The predicted octanol–water partition coefficient (Wildman–Crippen LogP) is 2.59. The number of benzene rings is 1. The third kappa shape index (κ3) is 3.57. The maximum Gasteiger partial charge on any atom is 0.336 e. The molecule has 1 aromatic rings. The average molecular weight is 277 g/mol. The van der Waals surface area contributed by atoms with Gasteiger partial charge in [-0.3, -0.25) is 4.79 Å². The number of carbonyl (C=O) groups is 2. The zero-order chi connectivity index (χ0) is 14.5. The van der Waals surface area contributed by atoms with Gasteiger partial charge in [-0.15, -0.1) is 0 Å². The number of rotatable bonds is 4. The van der Waals surface area contributed by atoms with E-state index in [9.17, 15) is 9.59 Å². The summed E-state index contributed by atoms with van der Waals surface area (Å²) in [6.07, 6.45) is 3.34. The Balaban J connectivity index is 2.00. The predicted molar refractivity (Wildman–Crippen MR) is 75.0 cm³/mol. The Bertz CT molecular complexity index is 507. The maximum absolute atomic E-state index is 12.0. The molecule has 0 spiro atoms. The summed E-state index contributed by atoms with van der Waals surface area (Å²) in [6.45, 7) is 2.40. The molecule has 1 aromatic carbocycles. The van der Waals surface area contributed by atoms with Gasteiger partial charge in [0.05, 0.1) is 18.1 Å². The molecular formula is C15H19NO4. The lowest BCUT2D eigenvalue weighted by atomic mass is 10.0. The molecule has 0 bridgehead atoms. The molecule has 5 nitrogen and oxygen atoms in total. The van der Waals surface area contributed by atoms with Gasteiger partial charge < -0.3 is 15.2 Å². The molecule has 0 saturated carbocycles. The van der Waals surface area contributed by atoms with Gasteiger partial charge in [-0.1, -0.05) is 6.07 Å². The van der Waals surface area contributed by atoms with Crippen LogP contribution in [0.3, 0.4) is 0 Å². The number of ether oxygens (including phenoxy) is 1. The van der Waals surface area contributed by atoms with Crippen molar-refractivity contribution >= 4 is 17.6 Å². The summed E-state index contributed by atoms with van der Waals surface area (Å²) in [5.41, 5.74) is 1.32. The van der Waals surface area contributed by atoms with Gasteiger partial charge >= 0.3 is 5.97 Å². The minimum Gasteiger partial charge on any atom is -0.478 e. The molecule has 20 heavy (non-hydrogen) atoms. The van der Waals surface area contributed by atoms with Crippen LogP contribution in [0.15, 0.2) is 18.2 Å². The van der Waals surface area contributed by atoms with E-state index in [0.717, 1.165) is 19.3 Å². The van der Waals surface area contributed by atoms with Gasteiger partial charge in [0.1, 0.15) is 0 Å². The Morgan fingerprint density at radius 3 is 2.85 bits per heavy atom. The fourth-order valence-electron chi connectivity index (χ4n) is 2.38. The summed E-state index contributed by atoms with van der Waals surface area (Å²) < 4.78 is 5.52. The fourth-order valence-corrected chi connectivity index (χ4v) is 2.38. The van der Waals surface area contributed by atoms with E-state index >= 15 is 0 Å². The molecule has 108 valence electrons. The molecule has 1 aliphatic heterocycles. The van der Waals surface area contributed by atoms with Crippen LogP contribution >= 0.6 is 0 Å². The van der Waals surface area contributed by atoms with Crippen LogP contribution in [-0.2, 0) is 9.53 Å². The van der Waals surface area contributed by atoms with E-state index in [-0.39, 0.29) is 17.6 Å². The summed E-state index contributed by atoms with van der Waals surface area (Å²) in [6, 6.07) is 4.86. The van der Waals surface area contributed by atoms with Crippen LogP contribution in [0.4, 0.5) is 5.69 Å². The Labute approximate surface area is 117 Å². The topological polar surface area (TPSA) is 75.6 Å². The van der Waals surface area contributed by atoms with Crippen molar-refractivity contribution < 1.29 is 19.4 Å². The molecule has 1 fully saturated rings. The molecule has 1 saturated heterocycles. The summed E-state index contributed by atoms with van der Waals surface area (Å²) in [4.78, 5) is 23.0. The Morgan fingerprint density at radius 1 is 1.40 bits per heavy atom. The van der Waals surface area contributed by atoms with Gasteiger partial charge in [0.15, 0.2) is 0 Å². The lowest BCUT2D eigenvalue weighted by Gasteiger charge is -2.22. The minimum atomic E-state index is -0.991. The van der Waals surface area contributed by atoms with Gasteiger partial charge in [0, 0.05) is 12.3 Å². The average Bonchev–Trinajstić information content (AvgIpc) is 2.42. The molecule has 1 atom stereocenters. The van der Waals surface area contributed by atoms with E-state index in [1.165, 1.54) is 6.07 Å². The van der Waals surface area contributed by atoms with E-state index < -0.39 is 5.97 Å². The van der Waals surface area contributed by atoms with Crippen LogP contribution in [0, 0.1) is 6.92 Å². The van der Waals surface area contributed by atoms with Gasteiger partial charge in [-0.05, 0) is 43.9 Å². The van der Waals surface area contributed by atoms with Crippen LogP contribution in [0.1, 0.15) is 41.6 Å². The number of nitrogens with one attached hydrogen (secondary N) is 1. The van der Waals surface area contributed by atoms with Crippen molar-refractivity contribution in [3.63, 3.8) is 0 Å². The van der Waals surface area contributed by atoms with Crippen molar-refractivity contribution in [3.05, 3.63) is 29.3 Å². The number of carbonyl (C=O) groups excluding carboxylic acids is 1. The quantitative estimate of drug-likeness (QED) is 0.887. The third-order valence-electron chi connectivity index (χ3n) is 3.53. The molecule has 1 heterocycles. The highest BCUT2D eigenvalue weighted by Crippen LogP contribution is 2.21. The second-order valence-corrected chi connectivity index (χ2v) is 5.02. The van der Waals surface area contributed by atoms with Crippen molar-refractivity contribution in [1.29, 1.82) is 0 Å². The summed E-state index contributed by atoms with van der Waals surface area (Å²) in [5.74, 6) is -1.13. The van der Waals surface area contributed by atoms with E-state index in [0.29, 0.717) is 24.3 Å². The summed E-state index contributed by atoms with van der Waals surface area (Å²) in [5, 5.41) is 11.8. The van der Waals surface area contributed by atoms with E-state index in [1.807, 2.05) is 0 Å². The van der Waals surface area contributed by atoms with Crippen molar-refractivity contribution in [1.82, 2.24) is 0 Å². The Hall–Kier alpha value is -1.88. The second kappa shape index (κ2) is 6.52. The fraction of sp³-hybridized carbons (Fsp3) is 0.467. The number of carboxylic acids is 1. The SMILES string of the molecule is Cc1c(NC(=O)CC2CCCCO2)cccc1C(=O)O. The van der Waals surface area contributed by atoms with Crippen LogP contribution in [0.2, 0.25) is 0 Å². The largest absolute Gasteiger partial charge is 0.478 e.